The summed E-state index contributed by atoms with van der Waals surface area (Å²) < 4.78 is 5.21. The van der Waals surface area contributed by atoms with Gasteiger partial charge in [0.05, 0.1) is 13.2 Å². The van der Waals surface area contributed by atoms with Gasteiger partial charge in [-0.25, -0.2) is 4.79 Å². The molecule has 6 nitrogen and oxygen atoms in total. The van der Waals surface area contributed by atoms with E-state index in [1.807, 2.05) is 18.2 Å². The molecule has 1 fully saturated rings. The fourth-order valence-electron chi connectivity index (χ4n) is 2.50. The van der Waals surface area contributed by atoms with E-state index in [4.69, 9.17) is 4.74 Å². The summed E-state index contributed by atoms with van der Waals surface area (Å²) in [4.78, 5) is 25.3. The Balaban J connectivity index is 1.99. The second-order valence-corrected chi connectivity index (χ2v) is 5.37. The highest BCUT2D eigenvalue weighted by Crippen LogP contribution is 2.16. The van der Waals surface area contributed by atoms with Gasteiger partial charge in [0.1, 0.15) is 6.04 Å². The molecule has 0 spiro atoms. The van der Waals surface area contributed by atoms with Crippen LogP contribution >= 0.6 is 0 Å². The zero-order valence-corrected chi connectivity index (χ0v) is 12.7. The van der Waals surface area contributed by atoms with Gasteiger partial charge in [0.15, 0.2) is 0 Å². The van der Waals surface area contributed by atoms with Gasteiger partial charge < -0.3 is 20.1 Å². The van der Waals surface area contributed by atoms with Gasteiger partial charge in [0, 0.05) is 24.9 Å². The molecule has 120 valence electrons. The van der Waals surface area contributed by atoms with Crippen molar-refractivity contribution in [3.8, 4) is 0 Å². The molecule has 6 heteroatoms. The molecule has 1 amide bonds. The number of hydrogen-bond donors (Lipinski definition) is 2. The predicted octanol–water partition coefficient (Wildman–Crippen LogP) is 1.07. The van der Waals surface area contributed by atoms with Gasteiger partial charge in [-0.05, 0) is 25.3 Å². The summed E-state index contributed by atoms with van der Waals surface area (Å²) >= 11 is 0. The van der Waals surface area contributed by atoms with Crippen molar-refractivity contribution in [2.24, 2.45) is 0 Å². The SMILES string of the molecule is C/C(=C/C(=O)N1CCOCC1)NC(C(=O)O)C1=CCC=CC1. The lowest BCUT2D eigenvalue weighted by Gasteiger charge is -2.26. The molecule has 1 heterocycles. The average molecular weight is 306 g/mol. The molecule has 22 heavy (non-hydrogen) atoms. The van der Waals surface area contributed by atoms with Crippen LogP contribution in [0.1, 0.15) is 19.8 Å². The summed E-state index contributed by atoms with van der Waals surface area (Å²) in [6, 6.07) is -0.793. The van der Waals surface area contributed by atoms with E-state index in [-0.39, 0.29) is 5.91 Å². The maximum Gasteiger partial charge on any atom is 0.330 e. The molecule has 1 atom stereocenters. The van der Waals surface area contributed by atoms with Crippen molar-refractivity contribution in [1.29, 1.82) is 0 Å². The first-order valence-electron chi connectivity index (χ1n) is 7.46. The first-order chi connectivity index (χ1) is 10.6. The van der Waals surface area contributed by atoms with Crippen molar-refractivity contribution in [3.05, 3.63) is 35.6 Å². The normalized spacial score (nSPS) is 20.3. The summed E-state index contributed by atoms with van der Waals surface area (Å²) in [7, 11) is 0. The molecule has 0 aromatic heterocycles. The van der Waals surface area contributed by atoms with Crippen molar-refractivity contribution < 1.29 is 19.4 Å². The molecular weight excluding hydrogens is 284 g/mol. The zero-order chi connectivity index (χ0) is 15.9. The van der Waals surface area contributed by atoms with Crippen molar-refractivity contribution >= 4 is 11.9 Å². The number of rotatable bonds is 5. The van der Waals surface area contributed by atoms with E-state index >= 15 is 0 Å². The molecule has 0 bridgehead atoms. The van der Waals surface area contributed by atoms with Crippen molar-refractivity contribution in [2.45, 2.75) is 25.8 Å². The third-order valence-electron chi connectivity index (χ3n) is 3.69. The lowest BCUT2D eigenvalue weighted by atomic mass is 9.98. The van der Waals surface area contributed by atoms with Crippen LogP contribution in [0.25, 0.3) is 0 Å². The van der Waals surface area contributed by atoms with E-state index in [1.54, 1.807) is 11.8 Å². The lowest BCUT2D eigenvalue weighted by Crippen LogP contribution is -2.41. The highest BCUT2D eigenvalue weighted by atomic mass is 16.5. The van der Waals surface area contributed by atoms with Crippen LogP contribution in [0, 0.1) is 0 Å². The van der Waals surface area contributed by atoms with E-state index in [0.29, 0.717) is 38.4 Å². The molecule has 0 saturated carbocycles. The lowest BCUT2D eigenvalue weighted by molar-refractivity contribution is -0.138. The second-order valence-electron chi connectivity index (χ2n) is 5.37. The van der Waals surface area contributed by atoms with Gasteiger partial charge in [-0.3, -0.25) is 4.79 Å². The number of carbonyl (C=O) groups excluding carboxylic acids is 1. The van der Waals surface area contributed by atoms with Crippen LogP contribution in [0.3, 0.4) is 0 Å². The van der Waals surface area contributed by atoms with Crippen LogP contribution < -0.4 is 5.32 Å². The van der Waals surface area contributed by atoms with Crippen LogP contribution in [0.5, 0.6) is 0 Å². The molecule has 0 aromatic carbocycles. The third kappa shape index (κ3) is 4.46. The van der Waals surface area contributed by atoms with Gasteiger partial charge in [0.25, 0.3) is 0 Å². The number of hydrogen-bond acceptors (Lipinski definition) is 4. The summed E-state index contributed by atoms with van der Waals surface area (Å²) in [6.45, 7) is 3.95. The number of morpholine rings is 1. The number of aliphatic carboxylic acids is 1. The highest BCUT2D eigenvalue weighted by molar-refractivity contribution is 5.88. The molecular formula is C16H22N2O4. The van der Waals surface area contributed by atoms with Gasteiger partial charge in [0.2, 0.25) is 5.91 Å². The van der Waals surface area contributed by atoms with Crippen molar-refractivity contribution in [2.75, 3.05) is 26.3 Å². The van der Waals surface area contributed by atoms with Gasteiger partial charge >= 0.3 is 5.97 Å². The molecule has 2 rings (SSSR count). The number of ether oxygens (including phenoxy) is 1. The average Bonchev–Trinajstić information content (AvgIpc) is 2.54. The van der Waals surface area contributed by atoms with E-state index in [0.717, 1.165) is 12.0 Å². The van der Waals surface area contributed by atoms with Crippen molar-refractivity contribution in [1.82, 2.24) is 10.2 Å². The second kappa shape index (κ2) is 7.79. The minimum Gasteiger partial charge on any atom is -0.479 e. The molecule has 1 unspecified atom stereocenters. The van der Waals surface area contributed by atoms with Crippen molar-refractivity contribution in [3.63, 3.8) is 0 Å². The fraction of sp³-hybridized carbons (Fsp3) is 0.500. The number of allylic oxidation sites excluding steroid dienone is 4. The number of carboxylic acids is 1. The zero-order valence-electron chi connectivity index (χ0n) is 12.7. The summed E-state index contributed by atoms with van der Waals surface area (Å²) in [6.07, 6.45) is 8.71. The summed E-state index contributed by atoms with van der Waals surface area (Å²) in [5.41, 5.74) is 1.38. The van der Waals surface area contributed by atoms with Crippen LogP contribution in [0.4, 0.5) is 0 Å². The molecule has 1 aliphatic heterocycles. The van der Waals surface area contributed by atoms with Crippen LogP contribution in [0.15, 0.2) is 35.6 Å². The minimum absolute atomic E-state index is 0.116. The fourth-order valence-corrected chi connectivity index (χ4v) is 2.50. The highest BCUT2D eigenvalue weighted by Gasteiger charge is 2.22. The molecule has 2 aliphatic rings. The standard InChI is InChI=1S/C16H22N2O4/c1-12(11-14(19)18-7-9-22-10-8-18)17-15(16(20)21)13-5-3-2-4-6-13/h2-3,6,11,15,17H,4-5,7-10H2,1H3,(H,20,21)/b12-11-. The topological polar surface area (TPSA) is 78.9 Å². The number of carboxylic acid groups (broad SMARTS) is 1. The summed E-state index contributed by atoms with van der Waals surface area (Å²) in [5, 5.41) is 12.3. The monoisotopic (exact) mass is 306 g/mol. The maximum absolute atomic E-state index is 12.1. The molecule has 0 radical (unpaired) electrons. The smallest absolute Gasteiger partial charge is 0.330 e. The summed E-state index contributed by atoms with van der Waals surface area (Å²) in [5.74, 6) is -1.05. The van der Waals surface area contributed by atoms with Gasteiger partial charge in [-0.15, -0.1) is 0 Å². The number of nitrogens with one attached hydrogen (secondary N) is 1. The Hall–Kier alpha value is -2.08. The minimum atomic E-state index is -0.937. The number of carbonyl (C=O) groups is 2. The molecule has 1 aliphatic carbocycles. The van der Waals surface area contributed by atoms with Gasteiger partial charge in [-0.1, -0.05) is 18.2 Å². The first-order valence-corrected chi connectivity index (χ1v) is 7.46. The maximum atomic E-state index is 12.1. The Morgan fingerprint density at radius 1 is 1.36 bits per heavy atom. The van der Waals surface area contributed by atoms with Crippen LogP contribution in [-0.2, 0) is 14.3 Å². The van der Waals surface area contributed by atoms with Crippen LogP contribution in [0.2, 0.25) is 0 Å². The largest absolute Gasteiger partial charge is 0.479 e. The van der Waals surface area contributed by atoms with Crippen LogP contribution in [-0.4, -0.2) is 54.2 Å². The van der Waals surface area contributed by atoms with E-state index in [2.05, 4.69) is 5.32 Å². The number of nitrogens with zero attached hydrogens (tertiary/aromatic N) is 1. The van der Waals surface area contributed by atoms with E-state index in [9.17, 15) is 14.7 Å². The quantitative estimate of drug-likeness (QED) is 0.587. The Labute approximate surface area is 130 Å². The predicted molar refractivity (Wildman–Crippen MR) is 82.2 cm³/mol. The molecule has 0 aromatic rings. The van der Waals surface area contributed by atoms with E-state index in [1.165, 1.54) is 6.08 Å². The Morgan fingerprint density at radius 2 is 2.09 bits per heavy atom. The Morgan fingerprint density at radius 3 is 2.68 bits per heavy atom. The van der Waals surface area contributed by atoms with E-state index < -0.39 is 12.0 Å². The molecule has 1 saturated heterocycles. The van der Waals surface area contributed by atoms with Gasteiger partial charge in [-0.2, -0.15) is 0 Å². The third-order valence-corrected chi connectivity index (χ3v) is 3.69. The first kappa shape index (κ1) is 16.3. The number of amides is 1. The molecule has 2 N–H and O–H groups in total. The Bertz CT molecular complexity index is 516. The Kier molecular flexibility index (Phi) is 5.77.